The molecule has 0 bridgehead atoms. The molecule has 33 heavy (non-hydrogen) atoms. The van der Waals surface area contributed by atoms with E-state index in [1.165, 1.54) is 10.4 Å². The molecule has 7 nitrogen and oxygen atoms in total. The number of carbonyl (C=O) groups excluding carboxylic acids is 1. The highest BCUT2D eigenvalue weighted by Gasteiger charge is 2.31. The predicted molar refractivity (Wildman–Crippen MR) is 127 cm³/mol. The number of aryl methyl sites for hydroxylation is 1. The van der Waals surface area contributed by atoms with Gasteiger partial charge >= 0.3 is 0 Å². The van der Waals surface area contributed by atoms with Crippen molar-refractivity contribution in [1.29, 1.82) is 0 Å². The van der Waals surface area contributed by atoms with Crippen molar-refractivity contribution in [3.05, 3.63) is 63.1 Å². The maximum Gasteiger partial charge on any atom is 0.231 e. The zero-order valence-electron chi connectivity index (χ0n) is 18.6. The molecule has 3 aliphatic rings. The van der Waals surface area contributed by atoms with E-state index in [-0.39, 0.29) is 11.7 Å². The lowest BCUT2D eigenvalue weighted by Gasteiger charge is -2.35. The van der Waals surface area contributed by atoms with E-state index in [0.29, 0.717) is 13.2 Å². The predicted octanol–water partition coefficient (Wildman–Crippen LogP) is 3.81. The van der Waals surface area contributed by atoms with E-state index in [0.717, 1.165) is 73.5 Å². The molecule has 0 radical (unpaired) electrons. The number of hydrogen-bond acceptors (Lipinski definition) is 8. The molecular formula is C25H26N4O3S. The van der Waals surface area contributed by atoms with Gasteiger partial charge in [0.2, 0.25) is 12.7 Å². The number of aromatic nitrogens is 2. The van der Waals surface area contributed by atoms with E-state index < -0.39 is 0 Å². The summed E-state index contributed by atoms with van der Waals surface area (Å²) < 4.78 is 10.9. The van der Waals surface area contributed by atoms with Gasteiger partial charge in [0.1, 0.15) is 0 Å². The normalized spacial score (nSPS) is 20.2. The Bertz CT molecular complexity index is 1190. The maximum absolute atomic E-state index is 12.9. The van der Waals surface area contributed by atoms with E-state index in [1.807, 2.05) is 13.0 Å². The fourth-order valence-corrected chi connectivity index (χ4v) is 5.86. The van der Waals surface area contributed by atoms with Gasteiger partial charge in [0.05, 0.1) is 17.0 Å². The van der Waals surface area contributed by atoms with Gasteiger partial charge in [0, 0.05) is 49.9 Å². The number of carbonyl (C=O) groups is 1. The van der Waals surface area contributed by atoms with Crippen molar-refractivity contribution in [3.63, 3.8) is 0 Å². The van der Waals surface area contributed by atoms with E-state index >= 15 is 0 Å². The highest BCUT2D eigenvalue weighted by Crippen LogP contribution is 2.36. The van der Waals surface area contributed by atoms with Crippen LogP contribution in [-0.4, -0.2) is 53.6 Å². The summed E-state index contributed by atoms with van der Waals surface area (Å²) in [5.74, 6) is 2.81. The smallest absolute Gasteiger partial charge is 0.231 e. The van der Waals surface area contributed by atoms with Crippen LogP contribution in [0.3, 0.4) is 0 Å². The number of thiophene rings is 1. The van der Waals surface area contributed by atoms with Crippen molar-refractivity contribution in [1.82, 2.24) is 14.9 Å². The van der Waals surface area contributed by atoms with Crippen molar-refractivity contribution in [3.8, 4) is 11.5 Å². The molecule has 0 unspecified atom stereocenters. The Morgan fingerprint density at radius 2 is 1.91 bits per heavy atom. The van der Waals surface area contributed by atoms with Crippen molar-refractivity contribution < 1.29 is 14.3 Å². The average Bonchev–Trinajstić information content (AvgIpc) is 3.51. The van der Waals surface area contributed by atoms with Crippen LogP contribution < -0.4 is 14.4 Å². The number of hydrogen-bond donors (Lipinski definition) is 0. The van der Waals surface area contributed by atoms with E-state index in [1.54, 1.807) is 11.3 Å². The highest BCUT2D eigenvalue weighted by atomic mass is 32.1. The number of benzene rings is 1. The molecular weight excluding hydrogens is 436 g/mol. The van der Waals surface area contributed by atoms with Gasteiger partial charge in [-0.3, -0.25) is 9.69 Å². The molecule has 2 aromatic heterocycles. The first kappa shape index (κ1) is 20.6. The summed E-state index contributed by atoms with van der Waals surface area (Å²) in [4.78, 5) is 28.5. The van der Waals surface area contributed by atoms with Crippen LogP contribution in [0, 0.1) is 6.92 Å². The molecule has 2 aliphatic heterocycles. The zero-order chi connectivity index (χ0) is 22.4. The third kappa shape index (κ3) is 3.98. The maximum atomic E-state index is 12.9. The molecule has 1 atom stereocenters. The van der Waals surface area contributed by atoms with Crippen LogP contribution in [0.25, 0.3) is 0 Å². The number of anilines is 1. The Balaban J connectivity index is 1.15. The van der Waals surface area contributed by atoms with Crippen molar-refractivity contribution >= 4 is 23.1 Å². The third-order valence-corrected chi connectivity index (χ3v) is 7.78. The van der Waals surface area contributed by atoms with Gasteiger partial charge in [-0.25, -0.2) is 9.97 Å². The van der Waals surface area contributed by atoms with Gasteiger partial charge in [-0.05, 0) is 42.5 Å². The minimum atomic E-state index is 0.173. The number of ketones is 1. The van der Waals surface area contributed by atoms with Gasteiger partial charge in [0.15, 0.2) is 17.3 Å². The van der Waals surface area contributed by atoms with Crippen molar-refractivity contribution in [2.45, 2.75) is 32.2 Å². The lowest BCUT2D eigenvalue weighted by molar-refractivity contribution is 0.0962. The first-order valence-corrected chi connectivity index (χ1v) is 12.3. The van der Waals surface area contributed by atoms with E-state index in [2.05, 4.69) is 39.4 Å². The second-order valence-corrected chi connectivity index (χ2v) is 9.90. The molecule has 1 aromatic carbocycles. The lowest BCUT2D eigenvalue weighted by Crippen LogP contribution is -2.46. The Kier molecular flexibility index (Phi) is 5.27. The molecule has 0 amide bonds. The summed E-state index contributed by atoms with van der Waals surface area (Å²) >= 11 is 1.72. The number of piperazine rings is 1. The quantitative estimate of drug-likeness (QED) is 0.584. The molecule has 0 spiro atoms. The SMILES string of the molecule is Cc1nc(N2CCN(Cc3ccc4c(c3)OCO4)CC2)nc2c1C(=O)C[C@@H](c1cccs1)C2. The molecule has 6 rings (SSSR count). The Labute approximate surface area is 197 Å². The monoisotopic (exact) mass is 462 g/mol. The van der Waals surface area contributed by atoms with Crippen molar-refractivity contribution in [2.24, 2.45) is 0 Å². The van der Waals surface area contributed by atoms with Gasteiger partial charge in [-0.15, -0.1) is 11.3 Å². The summed E-state index contributed by atoms with van der Waals surface area (Å²) in [5, 5.41) is 2.08. The fourth-order valence-electron chi connectivity index (χ4n) is 5.03. The second-order valence-electron chi connectivity index (χ2n) is 8.93. The molecule has 0 saturated carbocycles. The second kappa shape index (κ2) is 8.43. The molecule has 0 N–H and O–H groups in total. The fraction of sp³-hybridized carbons (Fsp3) is 0.400. The Morgan fingerprint density at radius 1 is 1.06 bits per heavy atom. The number of ether oxygens (including phenoxy) is 2. The molecule has 1 aliphatic carbocycles. The first-order valence-electron chi connectivity index (χ1n) is 11.4. The van der Waals surface area contributed by atoms with Crippen LogP contribution in [0.2, 0.25) is 0 Å². The molecule has 170 valence electrons. The van der Waals surface area contributed by atoms with Gasteiger partial charge in [-0.1, -0.05) is 12.1 Å². The van der Waals surface area contributed by atoms with Gasteiger partial charge in [-0.2, -0.15) is 0 Å². The van der Waals surface area contributed by atoms with E-state index in [9.17, 15) is 4.79 Å². The van der Waals surface area contributed by atoms with Crippen LogP contribution in [0.4, 0.5) is 5.95 Å². The molecule has 4 heterocycles. The molecule has 1 saturated heterocycles. The highest BCUT2D eigenvalue weighted by molar-refractivity contribution is 7.10. The summed E-state index contributed by atoms with van der Waals surface area (Å²) in [6, 6.07) is 10.4. The molecule has 8 heteroatoms. The zero-order valence-corrected chi connectivity index (χ0v) is 19.4. The summed E-state index contributed by atoms with van der Waals surface area (Å²) in [5.41, 5.74) is 3.70. The Hall–Kier alpha value is -2.97. The average molecular weight is 463 g/mol. The summed E-state index contributed by atoms with van der Waals surface area (Å²) in [6.07, 6.45) is 1.36. The molecule has 1 fully saturated rings. The number of fused-ring (bicyclic) bond motifs is 2. The lowest BCUT2D eigenvalue weighted by atomic mass is 9.84. The number of Topliss-reactive ketones (excluding diaryl/α,β-unsaturated/α-hetero) is 1. The molecule has 3 aromatic rings. The minimum absolute atomic E-state index is 0.173. The van der Waals surface area contributed by atoms with Crippen LogP contribution in [0.1, 0.15) is 44.5 Å². The van der Waals surface area contributed by atoms with Crippen LogP contribution in [-0.2, 0) is 13.0 Å². The summed E-state index contributed by atoms with van der Waals surface area (Å²) in [6.45, 7) is 6.73. The number of rotatable bonds is 4. The largest absolute Gasteiger partial charge is 0.454 e. The van der Waals surface area contributed by atoms with Crippen LogP contribution in [0.5, 0.6) is 11.5 Å². The van der Waals surface area contributed by atoms with Gasteiger partial charge < -0.3 is 14.4 Å². The summed E-state index contributed by atoms with van der Waals surface area (Å²) in [7, 11) is 0. The van der Waals surface area contributed by atoms with Crippen molar-refractivity contribution in [2.75, 3.05) is 37.9 Å². The number of nitrogens with zero attached hydrogens (tertiary/aromatic N) is 4. The third-order valence-electron chi connectivity index (χ3n) is 6.75. The standard InChI is InChI=1S/C25H26N4O3S/c1-16-24-19(12-18(13-20(24)30)23-3-2-10-33-23)27-25(26-16)29-8-6-28(7-9-29)14-17-4-5-21-22(11-17)32-15-31-21/h2-5,10-11,18H,6-9,12-15H2,1H3/t18-/m0/s1. The van der Waals surface area contributed by atoms with Gasteiger partial charge in [0.25, 0.3) is 0 Å². The Morgan fingerprint density at radius 3 is 2.73 bits per heavy atom. The van der Waals surface area contributed by atoms with Crippen LogP contribution >= 0.6 is 11.3 Å². The van der Waals surface area contributed by atoms with E-state index in [4.69, 9.17) is 19.4 Å². The van der Waals surface area contributed by atoms with Crippen LogP contribution in [0.15, 0.2) is 35.7 Å². The topological polar surface area (TPSA) is 67.8 Å². The minimum Gasteiger partial charge on any atom is -0.454 e. The first-order chi connectivity index (χ1) is 16.1.